The molecule has 0 saturated carbocycles. The summed E-state index contributed by atoms with van der Waals surface area (Å²) >= 11 is 0. The van der Waals surface area contributed by atoms with E-state index in [4.69, 9.17) is 0 Å². The van der Waals surface area contributed by atoms with Gasteiger partial charge in [0, 0.05) is 49.7 Å². The summed E-state index contributed by atoms with van der Waals surface area (Å²) in [6.07, 6.45) is -2.81. The number of nitrogens with one attached hydrogen (secondary N) is 1. The van der Waals surface area contributed by atoms with Gasteiger partial charge in [0.25, 0.3) is 5.91 Å². The number of carbonyl (C=O) groups excluding carboxylic acids is 1. The van der Waals surface area contributed by atoms with Crippen LogP contribution >= 0.6 is 0 Å². The zero-order chi connectivity index (χ0) is 30.2. The summed E-state index contributed by atoms with van der Waals surface area (Å²) in [5.41, 5.74) is 2.93. The number of hydrogen-bond acceptors (Lipinski definition) is 5. The van der Waals surface area contributed by atoms with Crippen molar-refractivity contribution in [3.05, 3.63) is 89.4 Å². The molecule has 2 atom stereocenters. The van der Waals surface area contributed by atoms with Crippen molar-refractivity contribution in [3.8, 4) is 5.75 Å². The highest BCUT2D eigenvalue weighted by molar-refractivity contribution is 5.94. The number of fused-ring (bicyclic) bond motifs is 1. The van der Waals surface area contributed by atoms with Crippen molar-refractivity contribution in [2.45, 2.75) is 52.2 Å². The molecule has 0 spiro atoms. The van der Waals surface area contributed by atoms with E-state index >= 15 is 4.39 Å². The van der Waals surface area contributed by atoms with Gasteiger partial charge in [-0.1, -0.05) is 13.0 Å². The van der Waals surface area contributed by atoms with E-state index in [2.05, 4.69) is 19.9 Å². The number of piperazine rings is 1. The Morgan fingerprint density at radius 3 is 2.36 bits per heavy atom. The highest BCUT2D eigenvalue weighted by Crippen LogP contribution is 2.31. The summed E-state index contributed by atoms with van der Waals surface area (Å²) in [4.78, 5) is 21.4. The van der Waals surface area contributed by atoms with Gasteiger partial charge in [0.15, 0.2) is 0 Å². The summed E-state index contributed by atoms with van der Waals surface area (Å²) in [5.74, 6) is -1.56. The van der Waals surface area contributed by atoms with Gasteiger partial charge in [-0.15, -0.1) is 13.2 Å². The van der Waals surface area contributed by atoms with Crippen molar-refractivity contribution < 1.29 is 31.5 Å². The fourth-order valence-electron chi connectivity index (χ4n) is 5.38. The molecule has 2 aromatic carbocycles. The minimum absolute atomic E-state index is 0.0549. The minimum Gasteiger partial charge on any atom is -0.406 e. The number of hydrogen-bond donors (Lipinski definition) is 1. The lowest BCUT2D eigenvalue weighted by molar-refractivity contribution is -0.274. The first-order valence-electron chi connectivity index (χ1n) is 13.6. The summed E-state index contributed by atoms with van der Waals surface area (Å²) in [6.45, 7) is 6.89. The quantitative estimate of drug-likeness (QED) is 0.265. The van der Waals surface area contributed by atoms with Crippen LogP contribution in [0.15, 0.2) is 60.8 Å². The third-order valence-corrected chi connectivity index (χ3v) is 7.37. The smallest absolute Gasteiger partial charge is 0.406 e. The molecule has 1 aliphatic heterocycles. The number of pyridine rings is 1. The Kier molecular flexibility index (Phi) is 7.98. The van der Waals surface area contributed by atoms with Crippen molar-refractivity contribution in [1.29, 1.82) is 0 Å². The monoisotopic (exact) mass is 587 g/mol. The second kappa shape index (κ2) is 11.5. The van der Waals surface area contributed by atoms with Gasteiger partial charge in [-0.2, -0.15) is 0 Å². The number of ether oxygens (including phenoxy) is 1. The Bertz CT molecular complexity index is 1590. The summed E-state index contributed by atoms with van der Waals surface area (Å²) < 4.78 is 72.0. The second-order valence-corrected chi connectivity index (χ2v) is 10.3. The van der Waals surface area contributed by atoms with Crippen LogP contribution in [0.1, 0.15) is 42.5 Å². The molecular weight excluding hydrogens is 557 g/mol. The van der Waals surface area contributed by atoms with Crippen molar-refractivity contribution in [2.75, 3.05) is 22.9 Å². The predicted molar refractivity (Wildman–Crippen MR) is 149 cm³/mol. The summed E-state index contributed by atoms with van der Waals surface area (Å²) in [6, 6.07) is 12.9. The average molecular weight is 588 g/mol. The molecule has 0 bridgehead atoms. The number of imidazole rings is 1. The highest BCUT2D eigenvalue weighted by Gasteiger charge is 2.33. The van der Waals surface area contributed by atoms with Crippen LogP contribution in [0.4, 0.5) is 33.3 Å². The fraction of sp³-hybridized carbons (Fsp3) is 0.333. The van der Waals surface area contributed by atoms with Gasteiger partial charge < -0.3 is 19.9 Å². The number of nitrogens with zero attached hydrogens (tertiary/aromatic N) is 4. The predicted octanol–water partition coefficient (Wildman–Crippen LogP) is 6.11. The minimum atomic E-state index is -4.75. The molecule has 0 radical (unpaired) electrons. The van der Waals surface area contributed by atoms with E-state index in [0.29, 0.717) is 47.8 Å². The number of benzene rings is 2. The van der Waals surface area contributed by atoms with Crippen LogP contribution in [0.5, 0.6) is 5.75 Å². The lowest BCUT2D eigenvalue weighted by atomic mass is 10.0. The lowest BCUT2D eigenvalue weighted by Gasteiger charge is -2.46. The molecule has 1 fully saturated rings. The average Bonchev–Trinajstić information content (AvgIpc) is 3.30. The number of alkyl halides is 3. The van der Waals surface area contributed by atoms with Crippen molar-refractivity contribution in [2.24, 2.45) is 0 Å². The molecular formula is C30H30F5N5O2. The normalized spacial score (nSPS) is 17.5. The van der Waals surface area contributed by atoms with E-state index in [9.17, 15) is 22.4 Å². The Labute approximate surface area is 239 Å². The third-order valence-electron chi connectivity index (χ3n) is 7.37. The molecule has 1 amide bonds. The van der Waals surface area contributed by atoms with E-state index in [1.807, 2.05) is 25.7 Å². The topological polar surface area (TPSA) is 62.1 Å². The third kappa shape index (κ3) is 6.12. The maximum Gasteiger partial charge on any atom is 0.573 e. The van der Waals surface area contributed by atoms with Gasteiger partial charge in [0.2, 0.25) is 0 Å². The molecule has 42 heavy (non-hydrogen) atoms. The van der Waals surface area contributed by atoms with Gasteiger partial charge in [-0.05, 0) is 68.3 Å². The lowest BCUT2D eigenvalue weighted by Crippen LogP contribution is -2.57. The van der Waals surface area contributed by atoms with E-state index < -0.39 is 23.9 Å². The molecule has 4 aromatic rings. The zero-order valence-corrected chi connectivity index (χ0v) is 23.3. The first-order valence-corrected chi connectivity index (χ1v) is 13.6. The van der Waals surface area contributed by atoms with Crippen molar-refractivity contribution in [1.82, 2.24) is 14.7 Å². The van der Waals surface area contributed by atoms with Crippen LogP contribution in [-0.4, -0.2) is 46.8 Å². The van der Waals surface area contributed by atoms with Gasteiger partial charge in [0.05, 0.1) is 11.4 Å². The number of halogens is 5. The molecule has 0 unspecified atom stereocenters. The largest absolute Gasteiger partial charge is 0.573 e. The molecule has 3 heterocycles. The van der Waals surface area contributed by atoms with Crippen LogP contribution in [0.25, 0.3) is 5.65 Å². The van der Waals surface area contributed by atoms with E-state index in [-0.39, 0.29) is 24.4 Å². The van der Waals surface area contributed by atoms with Crippen LogP contribution < -0.4 is 19.9 Å². The van der Waals surface area contributed by atoms with Gasteiger partial charge in [-0.25, -0.2) is 13.8 Å². The Morgan fingerprint density at radius 2 is 1.69 bits per heavy atom. The first kappa shape index (κ1) is 29.2. The maximum absolute atomic E-state index is 15.4. The molecule has 5 rings (SSSR count). The zero-order valence-electron chi connectivity index (χ0n) is 23.3. The van der Waals surface area contributed by atoms with Gasteiger partial charge in [-0.3, -0.25) is 9.20 Å². The standard InChI is InChI=1S/C30H30F5N5O2/c1-4-25-28(38-12-11-21(31)14-27(38)37-25)29(41)36-15-20-5-10-26(24(32)13-20)40-17-18(2)39(16-19(40)3)22-6-8-23(9-7-22)42-30(33,34)35/h5-14,18-19H,4,15-17H2,1-3H3,(H,36,41)/t18-,19+/m0/s1. The van der Waals surface area contributed by atoms with E-state index in [1.165, 1.54) is 40.9 Å². The molecule has 1 aliphatic rings. The van der Waals surface area contributed by atoms with Crippen molar-refractivity contribution in [3.63, 3.8) is 0 Å². The number of amides is 1. The molecule has 222 valence electrons. The SMILES string of the molecule is CCc1nc2cc(F)ccn2c1C(=O)NCc1ccc(N2C[C@H](C)N(c3ccc(OC(F)(F)F)cc3)C[C@H]2C)c(F)c1. The van der Waals surface area contributed by atoms with Crippen LogP contribution in [0, 0.1) is 11.6 Å². The fourth-order valence-corrected chi connectivity index (χ4v) is 5.38. The van der Waals surface area contributed by atoms with Crippen LogP contribution in [0.2, 0.25) is 0 Å². The van der Waals surface area contributed by atoms with E-state index in [1.54, 1.807) is 24.3 Å². The Balaban J connectivity index is 1.25. The molecule has 7 nitrogen and oxygen atoms in total. The highest BCUT2D eigenvalue weighted by atomic mass is 19.4. The van der Waals surface area contributed by atoms with Crippen LogP contribution in [0.3, 0.4) is 0 Å². The molecule has 1 saturated heterocycles. The first-order chi connectivity index (χ1) is 19.9. The van der Waals surface area contributed by atoms with E-state index in [0.717, 1.165) is 5.69 Å². The number of rotatable bonds is 7. The molecule has 2 aromatic heterocycles. The number of aromatic nitrogens is 2. The molecule has 0 aliphatic carbocycles. The molecule has 1 N–H and O–H groups in total. The number of carbonyl (C=O) groups is 1. The van der Waals surface area contributed by atoms with Crippen LogP contribution in [-0.2, 0) is 13.0 Å². The summed E-state index contributed by atoms with van der Waals surface area (Å²) in [5, 5.41) is 2.81. The number of anilines is 2. The van der Waals surface area contributed by atoms with Crippen molar-refractivity contribution >= 4 is 22.9 Å². The molecule has 12 heteroatoms. The number of aryl methyl sites for hydroxylation is 1. The second-order valence-electron chi connectivity index (χ2n) is 10.3. The summed E-state index contributed by atoms with van der Waals surface area (Å²) in [7, 11) is 0. The van der Waals surface area contributed by atoms with Gasteiger partial charge >= 0.3 is 6.36 Å². The van der Waals surface area contributed by atoms with Gasteiger partial charge in [0.1, 0.15) is 28.7 Å². The maximum atomic E-state index is 15.4. The Morgan fingerprint density at radius 1 is 1.00 bits per heavy atom. The Hall–Kier alpha value is -4.35.